The number of para-hydroxylation sites is 2. The Morgan fingerprint density at radius 1 is 1.11 bits per heavy atom. The first kappa shape index (κ1) is 10.7. The minimum Gasteiger partial charge on any atom is -0.324 e. The van der Waals surface area contributed by atoms with E-state index in [2.05, 4.69) is 20.4 Å². The number of nitrogens with one attached hydrogen (secondary N) is 1. The van der Waals surface area contributed by atoms with E-state index in [0.717, 1.165) is 16.7 Å². The molecule has 6 nitrogen and oxygen atoms in total. The monoisotopic (exact) mass is 240 g/mol. The molecule has 0 unspecified atom stereocenters. The predicted molar refractivity (Wildman–Crippen MR) is 68.7 cm³/mol. The van der Waals surface area contributed by atoms with Crippen molar-refractivity contribution in [2.24, 2.45) is 5.84 Å². The van der Waals surface area contributed by atoms with Crippen LogP contribution in [-0.2, 0) is 6.54 Å². The number of rotatable bonds is 3. The fourth-order valence-electron chi connectivity index (χ4n) is 1.82. The first-order valence-corrected chi connectivity index (χ1v) is 5.54. The van der Waals surface area contributed by atoms with Crippen molar-refractivity contribution >= 4 is 16.9 Å². The fraction of sp³-hybridized carbons (Fsp3) is 0.0833. The van der Waals surface area contributed by atoms with Gasteiger partial charge in [-0.2, -0.15) is 0 Å². The summed E-state index contributed by atoms with van der Waals surface area (Å²) in [4.78, 5) is 12.7. The number of aromatic nitrogens is 4. The largest absolute Gasteiger partial charge is 0.324 e. The summed E-state index contributed by atoms with van der Waals surface area (Å²) < 4.78 is 2.04. The second-order valence-electron chi connectivity index (χ2n) is 3.90. The summed E-state index contributed by atoms with van der Waals surface area (Å²) in [6, 6.07) is 7.99. The lowest BCUT2D eigenvalue weighted by molar-refractivity contribution is 0.790. The summed E-state index contributed by atoms with van der Waals surface area (Å²) in [6.07, 6.45) is 5.11. The number of anilines is 1. The molecule has 3 N–H and O–H groups in total. The maximum Gasteiger partial charge on any atom is 0.158 e. The van der Waals surface area contributed by atoms with Crippen LogP contribution in [0.1, 0.15) is 5.69 Å². The molecule has 2 aromatic heterocycles. The van der Waals surface area contributed by atoms with Gasteiger partial charge >= 0.3 is 0 Å². The van der Waals surface area contributed by atoms with Gasteiger partial charge in [0.15, 0.2) is 5.82 Å². The summed E-state index contributed by atoms with van der Waals surface area (Å²) in [7, 11) is 0. The molecule has 0 aliphatic carbocycles. The van der Waals surface area contributed by atoms with Gasteiger partial charge in [0.25, 0.3) is 0 Å². The number of hydrogen-bond acceptors (Lipinski definition) is 5. The van der Waals surface area contributed by atoms with E-state index in [1.54, 1.807) is 18.7 Å². The quantitative estimate of drug-likeness (QED) is 0.530. The van der Waals surface area contributed by atoms with E-state index in [1.807, 2.05) is 28.8 Å². The molecule has 1 aromatic carbocycles. The van der Waals surface area contributed by atoms with Crippen molar-refractivity contribution in [1.29, 1.82) is 0 Å². The SMILES string of the molecule is NNc1cnc(Cn2cnc3ccccc32)cn1. The minimum absolute atomic E-state index is 0.550. The van der Waals surface area contributed by atoms with Crippen LogP contribution in [0.25, 0.3) is 11.0 Å². The van der Waals surface area contributed by atoms with Crippen molar-refractivity contribution in [2.75, 3.05) is 5.43 Å². The molecule has 3 aromatic rings. The number of hydrazine groups is 1. The van der Waals surface area contributed by atoms with Crippen LogP contribution >= 0.6 is 0 Å². The van der Waals surface area contributed by atoms with E-state index < -0.39 is 0 Å². The number of imidazole rings is 1. The Hall–Kier alpha value is -2.47. The Balaban J connectivity index is 1.91. The van der Waals surface area contributed by atoms with E-state index in [9.17, 15) is 0 Å². The summed E-state index contributed by atoms with van der Waals surface area (Å²) in [5.74, 6) is 5.79. The summed E-state index contributed by atoms with van der Waals surface area (Å²) >= 11 is 0. The van der Waals surface area contributed by atoms with Crippen LogP contribution < -0.4 is 11.3 Å². The molecule has 3 rings (SSSR count). The summed E-state index contributed by atoms with van der Waals surface area (Å²) in [6.45, 7) is 0.637. The third kappa shape index (κ3) is 1.89. The van der Waals surface area contributed by atoms with Gasteiger partial charge in [0.2, 0.25) is 0 Å². The van der Waals surface area contributed by atoms with Crippen LogP contribution in [0, 0.1) is 0 Å². The second kappa shape index (κ2) is 4.42. The Morgan fingerprint density at radius 2 is 2.00 bits per heavy atom. The molecule has 90 valence electrons. The summed E-state index contributed by atoms with van der Waals surface area (Å²) in [5, 5.41) is 0. The highest BCUT2D eigenvalue weighted by Crippen LogP contribution is 2.13. The molecule has 0 bridgehead atoms. The predicted octanol–water partition coefficient (Wildman–Crippen LogP) is 1.16. The molecule has 0 spiro atoms. The number of nitrogens with zero attached hydrogens (tertiary/aromatic N) is 4. The van der Waals surface area contributed by atoms with E-state index in [-0.39, 0.29) is 0 Å². The lowest BCUT2D eigenvalue weighted by atomic mass is 10.3. The van der Waals surface area contributed by atoms with Crippen molar-refractivity contribution in [2.45, 2.75) is 6.54 Å². The first-order chi connectivity index (χ1) is 8.86. The maximum absolute atomic E-state index is 5.24. The summed E-state index contributed by atoms with van der Waals surface area (Å²) in [5.41, 5.74) is 5.37. The number of nitrogens with two attached hydrogens (primary N) is 1. The van der Waals surface area contributed by atoms with Gasteiger partial charge in [0, 0.05) is 0 Å². The van der Waals surface area contributed by atoms with Crippen LogP contribution in [0.5, 0.6) is 0 Å². The molecule has 0 fully saturated rings. The number of benzene rings is 1. The Morgan fingerprint density at radius 3 is 2.78 bits per heavy atom. The third-order valence-corrected chi connectivity index (χ3v) is 2.71. The van der Waals surface area contributed by atoms with Gasteiger partial charge in [-0.25, -0.2) is 15.8 Å². The van der Waals surface area contributed by atoms with Crippen LogP contribution in [0.15, 0.2) is 43.0 Å². The van der Waals surface area contributed by atoms with Crippen molar-refractivity contribution in [3.05, 3.63) is 48.7 Å². The highest BCUT2D eigenvalue weighted by atomic mass is 15.3. The molecule has 0 saturated heterocycles. The third-order valence-electron chi connectivity index (χ3n) is 2.71. The van der Waals surface area contributed by atoms with Crippen molar-refractivity contribution < 1.29 is 0 Å². The number of nitrogen functional groups attached to an aromatic ring is 1. The number of hydrogen-bond donors (Lipinski definition) is 2. The van der Waals surface area contributed by atoms with Crippen molar-refractivity contribution in [3.8, 4) is 0 Å². The molecule has 6 heteroatoms. The Labute approximate surface area is 103 Å². The Kier molecular flexibility index (Phi) is 2.62. The molecule has 0 aliphatic rings. The lowest BCUT2D eigenvalue weighted by Crippen LogP contribution is -2.09. The zero-order chi connectivity index (χ0) is 12.4. The van der Waals surface area contributed by atoms with Crippen LogP contribution in [0.2, 0.25) is 0 Å². The molecule has 0 saturated carbocycles. The van der Waals surface area contributed by atoms with E-state index in [0.29, 0.717) is 12.4 Å². The second-order valence-corrected chi connectivity index (χ2v) is 3.90. The van der Waals surface area contributed by atoms with Crippen molar-refractivity contribution in [3.63, 3.8) is 0 Å². The normalized spacial score (nSPS) is 10.7. The first-order valence-electron chi connectivity index (χ1n) is 5.54. The van der Waals surface area contributed by atoms with Gasteiger partial charge in [-0.1, -0.05) is 12.1 Å². The highest BCUT2D eigenvalue weighted by Gasteiger charge is 2.03. The van der Waals surface area contributed by atoms with Crippen LogP contribution in [0.4, 0.5) is 5.82 Å². The molecular weight excluding hydrogens is 228 g/mol. The average molecular weight is 240 g/mol. The molecular formula is C12H12N6. The molecule has 0 aliphatic heterocycles. The smallest absolute Gasteiger partial charge is 0.158 e. The average Bonchev–Trinajstić information content (AvgIpc) is 2.83. The molecule has 0 amide bonds. The van der Waals surface area contributed by atoms with Crippen molar-refractivity contribution in [1.82, 2.24) is 19.5 Å². The molecule has 0 atom stereocenters. The standard InChI is InChI=1S/C12H12N6/c13-17-12-6-14-9(5-15-12)7-18-8-16-10-3-1-2-4-11(10)18/h1-6,8H,7,13H2,(H,15,17). The van der Waals surface area contributed by atoms with Gasteiger partial charge in [0.1, 0.15) is 0 Å². The molecule has 0 radical (unpaired) electrons. The fourth-order valence-corrected chi connectivity index (χ4v) is 1.82. The van der Waals surface area contributed by atoms with Crippen LogP contribution in [-0.4, -0.2) is 19.5 Å². The number of fused-ring (bicyclic) bond motifs is 1. The van der Waals surface area contributed by atoms with E-state index in [1.165, 1.54) is 0 Å². The highest BCUT2D eigenvalue weighted by molar-refractivity contribution is 5.74. The van der Waals surface area contributed by atoms with Gasteiger partial charge in [-0.05, 0) is 12.1 Å². The zero-order valence-electron chi connectivity index (χ0n) is 9.61. The van der Waals surface area contributed by atoms with Gasteiger partial charge in [-0.15, -0.1) is 0 Å². The van der Waals surface area contributed by atoms with E-state index >= 15 is 0 Å². The molecule has 18 heavy (non-hydrogen) atoms. The van der Waals surface area contributed by atoms with Gasteiger partial charge in [-0.3, -0.25) is 4.98 Å². The van der Waals surface area contributed by atoms with Gasteiger partial charge in [0.05, 0.1) is 42.0 Å². The lowest BCUT2D eigenvalue weighted by Gasteiger charge is -2.04. The van der Waals surface area contributed by atoms with Gasteiger partial charge < -0.3 is 9.99 Å². The maximum atomic E-state index is 5.24. The van der Waals surface area contributed by atoms with Crippen LogP contribution in [0.3, 0.4) is 0 Å². The Bertz CT molecular complexity index is 658. The zero-order valence-corrected chi connectivity index (χ0v) is 9.61. The minimum atomic E-state index is 0.550. The van der Waals surface area contributed by atoms with E-state index in [4.69, 9.17) is 5.84 Å². The topological polar surface area (TPSA) is 81.6 Å². The molecule has 2 heterocycles.